The van der Waals surface area contributed by atoms with Crippen LogP contribution in [0.2, 0.25) is 0 Å². The first-order valence-electron chi connectivity index (χ1n) is 7.19. The number of rotatable bonds is 5. The molecule has 5 nitrogen and oxygen atoms in total. The van der Waals surface area contributed by atoms with Crippen molar-refractivity contribution in [3.8, 4) is 0 Å². The first-order valence-corrected chi connectivity index (χ1v) is 7.19. The second kappa shape index (κ2) is 6.36. The molecule has 1 aromatic heterocycles. The molecule has 1 atom stereocenters. The molecule has 0 fully saturated rings. The number of para-hydroxylation sites is 1. The second-order valence-electron chi connectivity index (χ2n) is 5.18. The van der Waals surface area contributed by atoms with E-state index in [4.69, 9.17) is 9.52 Å². The normalized spacial score (nSPS) is 12.0. The van der Waals surface area contributed by atoms with Crippen LogP contribution >= 0.6 is 0 Å². The number of aliphatic carboxylic acids is 1. The van der Waals surface area contributed by atoms with Crippen LogP contribution in [-0.2, 0) is 4.79 Å². The zero-order valence-electron chi connectivity index (χ0n) is 12.2. The van der Waals surface area contributed by atoms with Gasteiger partial charge in [0.2, 0.25) is 0 Å². The third-order valence-corrected chi connectivity index (χ3v) is 3.54. The predicted octanol–water partition coefficient (Wildman–Crippen LogP) is 3.38. The Kier molecular flexibility index (Phi) is 4.10. The fourth-order valence-corrected chi connectivity index (χ4v) is 2.44. The van der Waals surface area contributed by atoms with Crippen LogP contribution in [0.1, 0.15) is 28.6 Å². The van der Waals surface area contributed by atoms with E-state index in [-0.39, 0.29) is 12.2 Å². The summed E-state index contributed by atoms with van der Waals surface area (Å²) < 4.78 is 5.51. The fourth-order valence-electron chi connectivity index (χ4n) is 2.44. The lowest BCUT2D eigenvalue weighted by Gasteiger charge is -2.16. The Morgan fingerprint density at radius 3 is 2.43 bits per heavy atom. The van der Waals surface area contributed by atoms with Crippen LogP contribution in [0.25, 0.3) is 11.0 Å². The molecule has 0 saturated heterocycles. The van der Waals surface area contributed by atoms with Gasteiger partial charge >= 0.3 is 5.97 Å². The number of carbonyl (C=O) groups excluding carboxylic acids is 1. The average molecular weight is 309 g/mol. The summed E-state index contributed by atoms with van der Waals surface area (Å²) in [6.45, 7) is 0. The third-order valence-electron chi connectivity index (χ3n) is 3.54. The van der Waals surface area contributed by atoms with Gasteiger partial charge in [0.25, 0.3) is 5.91 Å². The monoisotopic (exact) mass is 309 g/mol. The first-order chi connectivity index (χ1) is 11.1. The number of amides is 1. The highest BCUT2D eigenvalue weighted by Gasteiger charge is 2.20. The third kappa shape index (κ3) is 3.40. The van der Waals surface area contributed by atoms with Gasteiger partial charge in [-0.05, 0) is 17.7 Å². The zero-order valence-corrected chi connectivity index (χ0v) is 12.2. The minimum atomic E-state index is -0.983. The number of furan rings is 1. The Morgan fingerprint density at radius 2 is 1.74 bits per heavy atom. The van der Waals surface area contributed by atoms with Crippen molar-refractivity contribution in [1.82, 2.24) is 5.32 Å². The highest BCUT2D eigenvalue weighted by atomic mass is 16.4. The summed E-state index contributed by atoms with van der Waals surface area (Å²) in [5, 5.41) is 12.6. The smallest absolute Gasteiger partial charge is 0.305 e. The van der Waals surface area contributed by atoms with Gasteiger partial charge < -0.3 is 14.8 Å². The molecule has 0 radical (unpaired) electrons. The van der Waals surface area contributed by atoms with Crippen molar-refractivity contribution in [3.05, 3.63) is 72.0 Å². The number of hydrogen-bond acceptors (Lipinski definition) is 3. The van der Waals surface area contributed by atoms with Crippen LogP contribution in [-0.4, -0.2) is 17.0 Å². The van der Waals surface area contributed by atoms with Crippen LogP contribution in [0.4, 0.5) is 0 Å². The van der Waals surface area contributed by atoms with E-state index in [9.17, 15) is 9.59 Å². The molecule has 0 unspecified atom stereocenters. The van der Waals surface area contributed by atoms with Crippen molar-refractivity contribution < 1.29 is 19.1 Å². The molecule has 5 heteroatoms. The first kappa shape index (κ1) is 14.8. The van der Waals surface area contributed by atoms with Gasteiger partial charge in [-0.3, -0.25) is 9.59 Å². The van der Waals surface area contributed by atoms with Gasteiger partial charge in [-0.15, -0.1) is 0 Å². The van der Waals surface area contributed by atoms with Gasteiger partial charge in [0.1, 0.15) is 5.58 Å². The maximum atomic E-state index is 12.4. The zero-order chi connectivity index (χ0) is 16.2. The van der Waals surface area contributed by atoms with E-state index in [2.05, 4.69) is 5.32 Å². The molecule has 1 amide bonds. The van der Waals surface area contributed by atoms with Crippen molar-refractivity contribution in [2.24, 2.45) is 0 Å². The highest BCUT2D eigenvalue weighted by Crippen LogP contribution is 2.21. The fraction of sp³-hybridized carbons (Fsp3) is 0.111. The summed E-state index contributed by atoms with van der Waals surface area (Å²) >= 11 is 0. The van der Waals surface area contributed by atoms with Crippen LogP contribution in [0.3, 0.4) is 0 Å². The Hall–Kier alpha value is -3.08. The van der Waals surface area contributed by atoms with E-state index in [1.807, 2.05) is 24.3 Å². The maximum Gasteiger partial charge on any atom is 0.305 e. The van der Waals surface area contributed by atoms with Crippen LogP contribution in [0, 0.1) is 0 Å². The van der Waals surface area contributed by atoms with E-state index in [0.717, 1.165) is 10.9 Å². The molecular weight excluding hydrogens is 294 g/mol. The van der Waals surface area contributed by atoms with Gasteiger partial charge in [0, 0.05) is 5.39 Å². The lowest BCUT2D eigenvalue weighted by Crippen LogP contribution is -2.29. The van der Waals surface area contributed by atoms with Crippen molar-refractivity contribution in [1.29, 1.82) is 0 Å². The molecule has 0 saturated carbocycles. The molecule has 0 bridgehead atoms. The molecule has 2 aromatic carbocycles. The van der Waals surface area contributed by atoms with Crippen molar-refractivity contribution in [2.45, 2.75) is 12.5 Å². The van der Waals surface area contributed by atoms with Gasteiger partial charge in [-0.1, -0.05) is 48.5 Å². The largest absolute Gasteiger partial charge is 0.481 e. The number of hydrogen-bond donors (Lipinski definition) is 2. The molecule has 2 N–H and O–H groups in total. The molecule has 116 valence electrons. The number of fused-ring (bicyclic) bond motifs is 1. The molecule has 3 aromatic rings. The number of carbonyl (C=O) groups is 2. The van der Waals surface area contributed by atoms with Gasteiger partial charge in [0.15, 0.2) is 5.76 Å². The number of carboxylic acids is 1. The molecule has 0 aliphatic heterocycles. The van der Waals surface area contributed by atoms with Gasteiger partial charge in [-0.25, -0.2) is 0 Å². The predicted molar refractivity (Wildman–Crippen MR) is 85.1 cm³/mol. The quantitative estimate of drug-likeness (QED) is 0.757. The average Bonchev–Trinajstić information content (AvgIpc) is 2.99. The summed E-state index contributed by atoms with van der Waals surface area (Å²) in [6, 6.07) is 17.3. The van der Waals surface area contributed by atoms with E-state index in [1.54, 1.807) is 36.4 Å². The summed E-state index contributed by atoms with van der Waals surface area (Å²) in [5.74, 6) is -1.25. The summed E-state index contributed by atoms with van der Waals surface area (Å²) in [4.78, 5) is 23.4. The van der Waals surface area contributed by atoms with Crippen LogP contribution < -0.4 is 5.32 Å². The molecule has 0 spiro atoms. The summed E-state index contributed by atoms with van der Waals surface area (Å²) in [6.07, 6.45) is -0.198. The minimum Gasteiger partial charge on any atom is -0.481 e. The number of nitrogens with one attached hydrogen (secondary N) is 1. The Labute approximate surface area is 132 Å². The minimum absolute atomic E-state index is 0.164. The van der Waals surface area contributed by atoms with E-state index in [0.29, 0.717) is 5.58 Å². The Bertz CT molecular complexity index is 805. The molecule has 0 aliphatic rings. The summed E-state index contributed by atoms with van der Waals surface area (Å²) in [5.41, 5.74) is 1.35. The Balaban J connectivity index is 1.84. The standard InChI is InChI=1S/C18H15NO4/c20-17(21)11-14(12-6-2-1-3-7-12)19-18(22)16-10-13-8-4-5-9-15(13)23-16/h1-10,14H,11H2,(H,19,22)(H,20,21)/t14-/m0/s1. The number of benzene rings is 2. The van der Waals surface area contributed by atoms with Gasteiger partial charge in [0.05, 0.1) is 12.5 Å². The van der Waals surface area contributed by atoms with Crippen LogP contribution in [0.15, 0.2) is 65.1 Å². The molecule has 23 heavy (non-hydrogen) atoms. The molecule has 1 heterocycles. The lowest BCUT2D eigenvalue weighted by molar-refractivity contribution is -0.137. The van der Waals surface area contributed by atoms with E-state index < -0.39 is 17.9 Å². The summed E-state index contributed by atoms with van der Waals surface area (Å²) in [7, 11) is 0. The van der Waals surface area contributed by atoms with Crippen molar-refractivity contribution in [3.63, 3.8) is 0 Å². The van der Waals surface area contributed by atoms with Gasteiger partial charge in [-0.2, -0.15) is 0 Å². The number of carboxylic acid groups (broad SMARTS) is 1. The highest BCUT2D eigenvalue weighted by molar-refractivity contribution is 5.96. The lowest BCUT2D eigenvalue weighted by atomic mass is 10.0. The molecule has 3 rings (SSSR count). The maximum absolute atomic E-state index is 12.4. The van der Waals surface area contributed by atoms with E-state index >= 15 is 0 Å². The second-order valence-corrected chi connectivity index (χ2v) is 5.18. The Morgan fingerprint density at radius 1 is 1.04 bits per heavy atom. The molecular formula is C18H15NO4. The van der Waals surface area contributed by atoms with Crippen LogP contribution in [0.5, 0.6) is 0 Å². The topological polar surface area (TPSA) is 79.5 Å². The SMILES string of the molecule is O=C(O)C[C@H](NC(=O)c1cc2ccccc2o1)c1ccccc1. The van der Waals surface area contributed by atoms with Crippen molar-refractivity contribution in [2.75, 3.05) is 0 Å². The van der Waals surface area contributed by atoms with Crippen molar-refractivity contribution >= 4 is 22.8 Å². The van der Waals surface area contributed by atoms with E-state index in [1.165, 1.54) is 0 Å². The molecule has 0 aliphatic carbocycles.